The molecule has 4 amide bonds. The Hall–Kier alpha value is -5.95. The van der Waals surface area contributed by atoms with Crippen molar-refractivity contribution in [2.75, 3.05) is 24.4 Å². The lowest BCUT2D eigenvalue weighted by Crippen LogP contribution is -2.31. The van der Waals surface area contributed by atoms with Crippen LogP contribution in [0.5, 0.6) is 11.5 Å². The van der Waals surface area contributed by atoms with Gasteiger partial charge in [-0.25, -0.2) is 4.90 Å². The molecule has 1 atom stereocenters. The molecule has 0 spiro atoms. The topological polar surface area (TPSA) is 157 Å². The number of carbonyl (C=O) groups is 4. The highest BCUT2D eigenvalue weighted by Gasteiger charge is 2.40. The molecule has 238 valence electrons. The summed E-state index contributed by atoms with van der Waals surface area (Å²) in [6.07, 6.45) is 1.41. The SMILES string of the molecule is COc1ccc(OC)c(/C=C(\NC(=O)c2ccccc2)C(=O)Nc2cccc(S[C@H]3CC(=O)N(c4ccc([N+](=O)[O-])cc4)C3=O)c2)c1. The number of methoxy groups -OCH3 is 2. The molecule has 0 aromatic heterocycles. The van der Waals surface area contributed by atoms with Crippen molar-refractivity contribution in [3.05, 3.63) is 124 Å². The average Bonchev–Trinajstić information content (AvgIpc) is 3.36. The van der Waals surface area contributed by atoms with E-state index in [1.807, 2.05) is 0 Å². The summed E-state index contributed by atoms with van der Waals surface area (Å²) in [5, 5.41) is 15.7. The van der Waals surface area contributed by atoms with Crippen LogP contribution in [0.1, 0.15) is 22.3 Å². The van der Waals surface area contributed by atoms with E-state index in [4.69, 9.17) is 9.47 Å². The number of hydrogen-bond acceptors (Lipinski definition) is 9. The fourth-order valence-corrected chi connectivity index (χ4v) is 5.86. The van der Waals surface area contributed by atoms with Gasteiger partial charge in [-0.15, -0.1) is 11.8 Å². The largest absolute Gasteiger partial charge is 0.497 e. The average molecular weight is 653 g/mol. The fraction of sp³-hybridized carbons (Fsp3) is 0.118. The predicted molar refractivity (Wildman–Crippen MR) is 176 cm³/mol. The van der Waals surface area contributed by atoms with Crippen LogP contribution >= 0.6 is 11.8 Å². The third-order valence-corrected chi connectivity index (χ3v) is 8.24. The van der Waals surface area contributed by atoms with Crippen molar-refractivity contribution in [3.8, 4) is 11.5 Å². The number of nitro benzene ring substituents is 1. The maximum atomic E-state index is 13.6. The molecule has 12 nitrogen and oxygen atoms in total. The lowest BCUT2D eigenvalue weighted by atomic mass is 10.1. The van der Waals surface area contributed by atoms with Crippen molar-refractivity contribution in [2.45, 2.75) is 16.6 Å². The summed E-state index contributed by atoms with van der Waals surface area (Å²) in [5.41, 5.74) is 1.23. The van der Waals surface area contributed by atoms with E-state index < -0.39 is 33.8 Å². The second-order valence-electron chi connectivity index (χ2n) is 10.1. The Bertz CT molecular complexity index is 1880. The maximum Gasteiger partial charge on any atom is 0.272 e. The first kappa shape index (κ1) is 32.4. The number of nitrogens with zero attached hydrogens (tertiary/aromatic N) is 2. The number of ether oxygens (including phenoxy) is 2. The number of imide groups is 1. The summed E-state index contributed by atoms with van der Waals surface area (Å²) < 4.78 is 10.8. The monoisotopic (exact) mass is 652 g/mol. The molecule has 1 heterocycles. The Morgan fingerprint density at radius 3 is 2.36 bits per heavy atom. The predicted octanol–water partition coefficient (Wildman–Crippen LogP) is 5.45. The van der Waals surface area contributed by atoms with Gasteiger partial charge in [0, 0.05) is 40.3 Å². The van der Waals surface area contributed by atoms with Crippen molar-refractivity contribution in [1.82, 2.24) is 5.32 Å². The molecule has 1 saturated heterocycles. The molecule has 2 N–H and O–H groups in total. The normalized spacial score (nSPS) is 14.5. The second-order valence-corrected chi connectivity index (χ2v) is 11.4. The first-order chi connectivity index (χ1) is 22.7. The summed E-state index contributed by atoms with van der Waals surface area (Å²) in [6.45, 7) is 0. The van der Waals surface area contributed by atoms with E-state index in [0.29, 0.717) is 33.2 Å². The van der Waals surface area contributed by atoms with E-state index >= 15 is 0 Å². The molecule has 0 unspecified atom stereocenters. The van der Waals surface area contributed by atoms with E-state index in [0.717, 1.165) is 16.7 Å². The summed E-state index contributed by atoms with van der Waals surface area (Å²) in [4.78, 5) is 64.7. The van der Waals surface area contributed by atoms with E-state index in [2.05, 4.69) is 10.6 Å². The molecular formula is C34H28N4O8S. The molecule has 0 radical (unpaired) electrons. The molecule has 4 aromatic carbocycles. The smallest absolute Gasteiger partial charge is 0.272 e. The van der Waals surface area contributed by atoms with Crippen LogP contribution in [0.3, 0.4) is 0 Å². The van der Waals surface area contributed by atoms with Crippen molar-refractivity contribution in [1.29, 1.82) is 0 Å². The highest BCUT2D eigenvalue weighted by molar-refractivity contribution is 8.00. The van der Waals surface area contributed by atoms with Gasteiger partial charge in [0.1, 0.15) is 17.2 Å². The van der Waals surface area contributed by atoms with Gasteiger partial charge >= 0.3 is 0 Å². The van der Waals surface area contributed by atoms with Crippen LogP contribution in [0.25, 0.3) is 6.08 Å². The van der Waals surface area contributed by atoms with Crippen LogP contribution in [0, 0.1) is 10.1 Å². The molecule has 1 aliphatic heterocycles. The molecule has 13 heteroatoms. The van der Waals surface area contributed by atoms with E-state index in [-0.39, 0.29) is 23.5 Å². The van der Waals surface area contributed by atoms with Gasteiger partial charge in [0.05, 0.1) is 30.1 Å². The minimum atomic E-state index is -0.746. The quantitative estimate of drug-likeness (QED) is 0.0931. The molecular weight excluding hydrogens is 624 g/mol. The van der Waals surface area contributed by atoms with Gasteiger partial charge in [0.25, 0.3) is 17.5 Å². The van der Waals surface area contributed by atoms with Crippen LogP contribution < -0.4 is 25.0 Å². The highest BCUT2D eigenvalue weighted by atomic mass is 32.2. The summed E-state index contributed by atoms with van der Waals surface area (Å²) in [5.74, 6) is -1.05. The number of anilines is 2. The zero-order chi connectivity index (χ0) is 33.5. The van der Waals surface area contributed by atoms with Crippen LogP contribution in [-0.4, -0.2) is 48.0 Å². The number of non-ortho nitro benzene ring substituents is 1. The van der Waals surface area contributed by atoms with Gasteiger partial charge in [-0.2, -0.15) is 0 Å². The molecule has 47 heavy (non-hydrogen) atoms. The number of carbonyl (C=O) groups excluding carboxylic acids is 4. The summed E-state index contributed by atoms with van der Waals surface area (Å²) in [7, 11) is 2.99. The number of thioether (sulfide) groups is 1. The first-order valence-electron chi connectivity index (χ1n) is 14.2. The zero-order valence-electron chi connectivity index (χ0n) is 25.2. The Morgan fingerprint density at radius 1 is 0.936 bits per heavy atom. The Balaban J connectivity index is 1.36. The van der Waals surface area contributed by atoms with E-state index in [9.17, 15) is 29.3 Å². The highest BCUT2D eigenvalue weighted by Crippen LogP contribution is 2.35. The number of nitrogens with one attached hydrogen (secondary N) is 2. The fourth-order valence-electron chi connectivity index (χ4n) is 4.75. The molecule has 1 fully saturated rings. The number of rotatable bonds is 11. The molecule has 0 aliphatic carbocycles. The van der Waals surface area contributed by atoms with Gasteiger partial charge in [-0.3, -0.25) is 29.3 Å². The molecule has 1 aliphatic rings. The Labute approximate surface area is 273 Å². The van der Waals surface area contributed by atoms with Crippen LogP contribution in [0.4, 0.5) is 17.1 Å². The van der Waals surface area contributed by atoms with Gasteiger partial charge in [0.15, 0.2) is 0 Å². The van der Waals surface area contributed by atoms with Gasteiger partial charge < -0.3 is 20.1 Å². The number of nitro groups is 1. The first-order valence-corrected chi connectivity index (χ1v) is 15.0. The van der Waals surface area contributed by atoms with Crippen molar-refractivity contribution in [3.63, 3.8) is 0 Å². The lowest BCUT2D eigenvalue weighted by Gasteiger charge is -2.15. The summed E-state index contributed by atoms with van der Waals surface area (Å²) in [6, 6.07) is 25.4. The minimum absolute atomic E-state index is 0.0706. The van der Waals surface area contributed by atoms with Gasteiger partial charge in [-0.1, -0.05) is 24.3 Å². The van der Waals surface area contributed by atoms with Crippen molar-refractivity contribution >= 4 is 58.5 Å². The van der Waals surface area contributed by atoms with Crippen molar-refractivity contribution < 1.29 is 33.6 Å². The van der Waals surface area contributed by atoms with Crippen LogP contribution in [0.15, 0.2) is 108 Å². The van der Waals surface area contributed by atoms with Gasteiger partial charge in [0.2, 0.25) is 11.8 Å². The molecule has 5 rings (SSSR count). The number of amides is 4. The third kappa shape index (κ3) is 7.65. The molecule has 4 aromatic rings. The minimum Gasteiger partial charge on any atom is -0.497 e. The summed E-state index contributed by atoms with van der Waals surface area (Å²) >= 11 is 1.15. The number of benzene rings is 4. The van der Waals surface area contributed by atoms with E-state index in [1.165, 1.54) is 44.6 Å². The lowest BCUT2D eigenvalue weighted by molar-refractivity contribution is -0.384. The second kappa shape index (κ2) is 14.4. The third-order valence-electron chi connectivity index (χ3n) is 7.06. The van der Waals surface area contributed by atoms with Crippen molar-refractivity contribution in [2.24, 2.45) is 0 Å². The number of hydrogen-bond donors (Lipinski definition) is 2. The van der Waals surface area contributed by atoms with Gasteiger partial charge in [-0.05, 0) is 66.7 Å². The molecule has 0 bridgehead atoms. The van der Waals surface area contributed by atoms with E-state index in [1.54, 1.807) is 72.8 Å². The van der Waals surface area contributed by atoms with Crippen LogP contribution in [-0.2, 0) is 14.4 Å². The Kier molecular flexibility index (Phi) is 9.96. The standard InChI is InChI=1S/C34H28N4O8S/c1-45-26-15-16-29(46-2)22(17-26)18-28(36-32(40)21-7-4-3-5-8-21)33(41)35-23-9-6-10-27(19-23)47-30-20-31(39)37(34(30)42)24-11-13-25(14-12-24)38(43)44/h3-19,30H,20H2,1-2H3,(H,35,41)(H,36,40)/b28-18-/t30-/m0/s1. The Morgan fingerprint density at radius 2 is 1.68 bits per heavy atom. The zero-order valence-corrected chi connectivity index (χ0v) is 26.0. The van der Waals surface area contributed by atoms with Crippen LogP contribution in [0.2, 0.25) is 0 Å². The maximum absolute atomic E-state index is 13.6. The molecule has 0 saturated carbocycles.